The number of esters is 3. The second-order valence-electron chi connectivity index (χ2n) is 4.25. The summed E-state index contributed by atoms with van der Waals surface area (Å²) < 4.78 is 14.0. The summed E-state index contributed by atoms with van der Waals surface area (Å²) in [6, 6.07) is 4.45. The van der Waals surface area contributed by atoms with Crippen molar-refractivity contribution in [2.24, 2.45) is 0 Å². The van der Waals surface area contributed by atoms with Gasteiger partial charge in [-0.1, -0.05) is 6.07 Å². The maximum absolute atomic E-state index is 12.0. The van der Waals surface area contributed by atoms with Crippen LogP contribution in [0, 0.1) is 0 Å². The van der Waals surface area contributed by atoms with Crippen molar-refractivity contribution in [3.63, 3.8) is 0 Å². The lowest BCUT2D eigenvalue weighted by atomic mass is 10.0. The predicted molar refractivity (Wildman–Crippen MR) is 75.8 cm³/mol. The number of carbonyl (C=O) groups excluding carboxylic acids is 3. The summed E-state index contributed by atoms with van der Waals surface area (Å²) in [5.74, 6) is -1.93. The second kappa shape index (κ2) is 6.21. The van der Waals surface area contributed by atoms with Gasteiger partial charge >= 0.3 is 17.9 Å². The molecule has 7 nitrogen and oxygen atoms in total. The number of pyridine rings is 1. The molecule has 0 aliphatic carbocycles. The van der Waals surface area contributed by atoms with Crippen LogP contribution in [0.4, 0.5) is 0 Å². The van der Waals surface area contributed by atoms with E-state index in [-0.39, 0.29) is 16.7 Å². The van der Waals surface area contributed by atoms with E-state index >= 15 is 0 Å². The molecule has 7 heteroatoms. The molecular weight excluding hydrogens is 290 g/mol. The van der Waals surface area contributed by atoms with Crippen LogP contribution in [0.25, 0.3) is 10.9 Å². The van der Waals surface area contributed by atoms with Gasteiger partial charge in [-0.3, -0.25) is 4.98 Å². The summed E-state index contributed by atoms with van der Waals surface area (Å²) in [5.41, 5.74) is 0.670. The summed E-state index contributed by atoms with van der Waals surface area (Å²) in [6.07, 6.45) is 1.21. The van der Waals surface area contributed by atoms with E-state index in [2.05, 4.69) is 14.5 Å². The Bertz CT molecular complexity index is 768. The van der Waals surface area contributed by atoms with Crippen molar-refractivity contribution >= 4 is 28.8 Å². The Balaban J connectivity index is 2.74. The number of nitrogens with zero attached hydrogens (tertiary/aromatic N) is 1. The summed E-state index contributed by atoms with van der Waals surface area (Å²) in [6.45, 7) is 0. The fourth-order valence-corrected chi connectivity index (χ4v) is 2.03. The first-order valence-corrected chi connectivity index (χ1v) is 6.21. The average molecular weight is 303 g/mol. The van der Waals surface area contributed by atoms with Gasteiger partial charge in [0.1, 0.15) is 0 Å². The minimum absolute atomic E-state index is 0.00679. The van der Waals surface area contributed by atoms with Crippen molar-refractivity contribution in [1.82, 2.24) is 4.98 Å². The third kappa shape index (κ3) is 2.60. The fraction of sp³-hybridized carbons (Fsp3) is 0.200. The number of fused-ring (bicyclic) bond motifs is 1. The summed E-state index contributed by atoms with van der Waals surface area (Å²) >= 11 is 0. The zero-order valence-corrected chi connectivity index (χ0v) is 12.2. The number of hydrogen-bond donors (Lipinski definition) is 0. The molecule has 0 saturated carbocycles. The molecule has 0 aliphatic heterocycles. The van der Waals surface area contributed by atoms with Gasteiger partial charge in [0, 0.05) is 11.6 Å². The first-order valence-electron chi connectivity index (χ1n) is 6.21. The standard InChI is InChI=1S/C15H13NO6/c1-20-13(17)8-4-5-9-11(6-8)16-7-10(14(18)21-2)12(9)15(19)22-3/h4-7H,1-3H3. The quantitative estimate of drug-likeness (QED) is 0.628. The highest BCUT2D eigenvalue weighted by atomic mass is 16.5. The minimum Gasteiger partial charge on any atom is -0.465 e. The third-order valence-electron chi connectivity index (χ3n) is 3.09. The van der Waals surface area contributed by atoms with E-state index in [1.807, 2.05) is 0 Å². The molecule has 0 radical (unpaired) electrons. The molecule has 1 aromatic carbocycles. The van der Waals surface area contributed by atoms with Gasteiger partial charge in [-0.05, 0) is 12.1 Å². The Kier molecular flexibility index (Phi) is 4.36. The van der Waals surface area contributed by atoms with E-state index in [4.69, 9.17) is 4.74 Å². The maximum Gasteiger partial charge on any atom is 0.340 e. The molecule has 0 fully saturated rings. The van der Waals surface area contributed by atoms with Crippen molar-refractivity contribution in [3.8, 4) is 0 Å². The summed E-state index contributed by atoms with van der Waals surface area (Å²) in [4.78, 5) is 39.4. The average Bonchev–Trinajstić information content (AvgIpc) is 2.57. The number of aromatic nitrogens is 1. The number of ether oxygens (including phenoxy) is 3. The number of rotatable bonds is 3. The molecule has 0 bridgehead atoms. The topological polar surface area (TPSA) is 91.8 Å². The summed E-state index contributed by atoms with van der Waals surface area (Å²) in [5, 5.41) is 0.377. The lowest BCUT2D eigenvalue weighted by molar-refractivity contribution is 0.0556. The van der Waals surface area contributed by atoms with Crippen molar-refractivity contribution in [3.05, 3.63) is 41.1 Å². The van der Waals surface area contributed by atoms with Crippen molar-refractivity contribution in [2.75, 3.05) is 21.3 Å². The number of benzene rings is 1. The van der Waals surface area contributed by atoms with E-state index in [9.17, 15) is 14.4 Å². The fourth-order valence-electron chi connectivity index (χ4n) is 2.03. The number of carbonyl (C=O) groups is 3. The normalized spacial score (nSPS) is 10.1. The zero-order valence-electron chi connectivity index (χ0n) is 12.2. The van der Waals surface area contributed by atoms with Crippen LogP contribution in [0.3, 0.4) is 0 Å². The van der Waals surface area contributed by atoms with Crippen molar-refractivity contribution in [1.29, 1.82) is 0 Å². The van der Waals surface area contributed by atoms with Crippen LogP contribution in [0.15, 0.2) is 24.4 Å². The molecule has 0 saturated heterocycles. The Labute approximate surface area is 125 Å². The maximum atomic E-state index is 12.0. The van der Waals surface area contributed by atoms with Gasteiger partial charge < -0.3 is 14.2 Å². The highest BCUT2D eigenvalue weighted by Gasteiger charge is 2.23. The predicted octanol–water partition coefficient (Wildman–Crippen LogP) is 1.59. The van der Waals surface area contributed by atoms with E-state index < -0.39 is 17.9 Å². The smallest absolute Gasteiger partial charge is 0.340 e. The second-order valence-corrected chi connectivity index (χ2v) is 4.25. The molecular formula is C15H13NO6. The van der Waals surface area contributed by atoms with Crippen LogP contribution < -0.4 is 0 Å². The summed E-state index contributed by atoms with van der Waals surface area (Å²) in [7, 11) is 3.67. The monoisotopic (exact) mass is 303 g/mol. The van der Waals surface area contributed by atoms with E-state index in [1.165, 1.54) is 45.7 Å². The van der Waals surface area contributed by atoms with E-state index in [0.29, 0.717) is 10.9 Å². The molecule has 0 amide bonds. The van der Waals surface area contributed by atoms with Crippen molar-refractivity contribution in [2.45, 2.75) is 0 Å². The van der Waals surface area contributed by atoms with Gasteiger partial charge in [0.25, 0.3) is 0 Å². The molecule has 0 spiro atoms. The molecule has 0 N–H and O–H groups in total. The zero-order chi connectivity index (χ0) is 16.3. The highest BCUT2D eigenvalue weighted by Crippen LogP contribution is 2.23. The first-order chi connectivity index (χ1) is 10.5. The largest absolute Gasteiger partial charge is 0.465 e. The van der Waals surface area contributed by atoms with Gasteiger partial charge in [0.2, 0.25) is 0 Å². The Morgan fingerprint density at radius 3 is 2.14 bits per heavy atom. The minimum atomic E-state index is -0.702. The van der Waals surface area contributed by atoms with Crippen LogP contribution in [-0.4, -0.2) is 44.2 Å². The van der Waals surface area contributed by atoms with Crippen LogP contribution >= 0.6 is 0 Å². The lowest BCUT2D eigenvalue weighted by Crippen LogP contribution is -2.13. The molecule has 22 heavy (non-hydrogen) atoms. The van der Waals surface area contributed by atoms with Gasteiger partial charge in [0.05, 0.1) is 43.5 Å². The van der Waals surface area contributed by atoms with Gasteiger partial charge in [-0.15, -0.1) is 0 Å². The van der Waals surface area contributed by atoms with Crippen molar-refractivity contribution < 1.29 is 28.6 Å². The van der Waals surface area contributed by atoms with Gasteiger partial charge in [-0.2, -0.15) is 0 Å². The first kappa shape index (κ1) is 15.4. The molecule has 114 valence electrons. The Morgan fingerprint density at radius 1 is 0.909 bits per heavy atom. The van der Waals surface area contributed by atoms with Gasteiger partial charge in [0.15, 0.2) is 0 Å². The third-order valence-corrected chi connectivity index (χ3v) is 3.09. The van der Waals surface area contributed by atoms with Gasteiger partial charge in [-0.25, -0.2) is 14.4 Å². The van der Waals surface area contributed by atoms with E-state index in [0.717, 1.165) is 0 Å². The van der Waals surface area contributed by atoms with Crippen LogP contribution in [-0.2, 0) is 14.2 Å². The molecule has 2 aromatic rings. The van der Waals surface area contributed by atoms with Crippen LogP contribution in [0.2, 0.25) is 0 Å². The van der Waals surface area contributed by atoms with Crippen LogP contribution in [0.1, 0.15) is 31.1 Å². The molecule has 1 aromatic heterocycles. The van der Waals surface area contributed by atoms with E-state index in [1.54, 1.807) is 0 Å². The Hall–Kier alpha value is -2.96. The molecule has 0 aliphatic rings. The number of methoxy groups -OCH3 is 3. The molecule has 1 heterocycles. The lowest BCUT2D eigenvalue weighted by Gasteiger charge is -2.10. The SMILES string of the molecule is COC(=O)c1ccc2c(C(=O)OC)c(C(=O)OC)cnc2c1. The Morgan fingerprint density at radius 2 is 1.55 bits per heavy atom. The molecule has 0 atom stereocenters. The van der Waals surface area contributed by atoms with Crippen LogP contribution in [0.5, 0.6) is 0 Å². The molecule has 0 unspecified atom stereocenters. The highest BCUT2D eigenvalue weighted by molar-refractivity contribution is 6.12. The molecule has 2 rings (SSSR count). The number of hydrogen-bond acceptors (Lipinski definition) is 7.